The van der Waals surface area contributed by atoms with Crippen molar-refractivity contribution < 1.29 is 10.0 Å². The minimum absolute atomic E-state index is 0.0389. The van der Waals surface area contributed by atoms with Gasteiger partial charge in [0.1, 0.15) is 5.03 Å². The predicted molar refractivity (Wildman–Crippen MR) is 67.4 cm³/mol. The maximum Gasteiger partial charge on any atom is 0.283 e. The summed E-state index contributed by atoms with van der Waals surface area (Å²) in [5, 5.41) is 20.7. The lowest BCUT2D eigenvalue weighted by Crippen LogP contribution is -1.93. The molecule has 2 aromatic rings. The van der Waals surface area contributed by atoms with E-state index >= 15 is 0 Å². The number of nitro groups is 1. The molecule has 0 spiro atoms. The standard InChI is InChI=1S/C12H10N2O3S/c15-8-9-4-3-7-13-12(9)18-11-6-2-1-5-10(11)14(16)17/h1-7,15H,8H2. The van der Waals surface area contributed by atoms with Crippen LogP contribution in [0, 0.1) is 10.1 Å². The summed E-state index contributed by atoms with van der Waals surface area (Å²) in [6, 6.07) is 9.92. The Balaban J connectivity index is 2.37. The van der Waals surface area contributed by atoms with Gasteiger partial charge in [-0.25, -0.2) is 4.98 Å². The number of benzene rings is 1. The van der Waals surface area contributed by atoms with Gasteiger partial charge in [-0.1, -0.05) is 30.0 Å². The van der Waals surface area contributed by atoms with Crippen molar-refractivity contribution in [2.24, 2.45) is 0 Å². The maximum absolute atomic E-state index is 10.9. The number of pyridine rings is 1. The first-order valence-electron chi connectivity index (χ1n) is 5.18. The highest BCUT2D eigenvalue weighted by atomic mass is 32.2. The highest BCUT2D eigenvalue weighted by Gasteiger charge is 2.15. The number of aliphatic hydroxyl groups is 1. The first kappa shape index (κ1) is 12.5. The van der Waals surface area contributed by atoms with Crippen molar-refractivity contribution in [2.45, 2.75) is 16.5 Å². The zero-order valence-corrected chi connectivity index (χ0v) is 10.1. The highest BCUT2D eigenvalue weighted by Crippen LogP contribution is 2.34. The predicted octanol–water partition coefficient (Wildman–Crippen LogP) is 2.63. The Hall–Kier alpha value is -1.92. The number of aliphatic hydroxyl groups excluding tert-OH is 1. The zero-order valence-electron chi connectivity index (χ0n) is 9.31. The number of aromatic nitrogens is 1. The molecule has 0 aliphatic carbocycles. The van der Waals surface area contributed by atoms with Crippen molar-refractivity contribution in [3.63, 3.8) is 0 Å². The van der Waals surface area contributed by atoms with Crippen LogP contribution in [-0.4, -0.2) is 15.0 Å². The Morgan fingerprint density at radius 1 is 1.28 bits per heavy atom. The van der Waals surface area contributed by atoms with E-state index in [0.717, 1.165) is 0 Å². The van der Waals surface area contributed by atoms with Crippen LogP contribution in [0.3, 0.4) is 0 Å². The first-order chi connectivity index (χ1) is 8.72. The molecule has 5 nitrogen and oxygen atoms in total. The quantitative estimate of drug-likeness (QED) is 0.677. The fourth-order valence-corrected chi connectivity index (χ4v) is 2.41. The lowest BCUT2D eigenvalue weighted by Gasteiger charge is -2.05. The number of para-hydroxylation sites is 1. The zero-order chi connectivity index (χ0) is 13.0. The van der Waals surface area contributed by atoms with Gasteiger partial charge in [0.05, 0.1) is 16.4 Å². The second kappa shape index (κ2) is 5.61. The molecule has 92 valence electrons. The van der Waals surface area contributed by atoms with Crippen molar-refractivity contribution in [3.05, 3.63) is 58.3 Å². The third kappa shape index (κ3) is 2.66. The molecule has 1 aromatic carbocycles. The van der Waals surface area contributed by atoms with Gasteiger partial charge < -0.3 is 5.11 Å². The maximum atomic E-state index is 10.9. The Morgan fingerprint density at radius 2 is 2.06 bits per heavy atom. The van der Waals surface area contributed by atoms with Crippen molar-refractivity contribution in [3.8, 4) is 0 Å². The second-order valence-electron chi connectivity index (χ2n) is 3.45. The molecule has 0 radical (unpaired) electrons. The van der Waals surface area contributed by atoms with Crippen LogP contribution in [0.2, 0.25) is 0 Å². The smallest absolute Gasteiger partial charge is 0.283 e. The number of nitrogens with zero attached hydrogens (tertiary/aromatic N) is 2. The van der Waals surface area contributed by atoms with E-state index in [9.17, 15) is 15.2 Å². The number of rotatable bonds is 4. The van der Waals surface area contributed by atoms with Crippen molar-refractivity contribution >= 4 is 17.4 Å². The Kier molecular flexibility index (Phi) is 3.91. The highest BCUT2D eigenvalue weighted by molar-refractivity contribution is 7.99. The fourth-order valence-electron chi connectivity index (χ4n) is 1.43. The fraction of sp³-hybridized carbons (Fsp3) is 0.0833. The van der Waals surface area contributed by atoms with Crippen LogP contribution in [0.5, 0.6) is 0 Å². The van der Waals surface area contributed by atoms with Crippen LogP contribution in [-0.2, 0) is 6.61 Å². The van der Waals surface area contributed by atoms with Gasteiger partial charge in [0.25, 0.3) is 5.69 Å². The minimum Gasteiger partial charge on any atom is -0.392 e. The summed E-state index contributed by atoms with van der Waals surface area (Å²) >= 11 is 1.18. The number of hydrogen-bond acceptors (Lipinski definition) is 5. The molecule has 18 heavy (non-hydrogen) atoms. The van der Waals surface area contributed by atoms with Gasteiger partial charge in [0, 0.05) is 17.8 Å². The van der Waals surface area contributed by atoms with E-state index < -0.39 is 4.92 Å². The second-order valence-corrected chi connectivity index (χ2v) is 4.48. The van der Waals surface area contributed by atoms with Crippen LogP contribution in [0.25, 0.3) is 0 Å². The molecule has 1 N–H and O–H groups in total. The van der Waals surface area contributed by atoms with Gasteiger partial charge in [-0.3, -0.25) is 10.1 Å². The van der Waals surface area contributed by atoms with E-state index in [1.165, 1.54) is 17.8 Å². The van der Waals surface area contributed by atoms with Gasteiger partial charge >= 0.3 is 0 Å². The van der Waals surface area contributed by atoms with Crippen LogP contribution in [0.4, 0.5) is 5.69 Å². The molecule has 0 saturated heterocycles. The molecule has 0 aliphatic rings. The lowest BCUT2D eigenvalue weighted by molar-refractivity contribution is -0.387. The summed E-state index contributed by atoms with van der Waals surface area (Å²) < 4.78 is 0. The summed E-state index contributed by atoms with van der Waals surface area (Å²) in [6.45, 7) is -0.142. The van der Waals surface area contributed by atoms with Gasteiger partial charge in [-0.05, 0) is 12.1 Å². The molecule has 0 atom stereocenters. The van der Waals surface area contributed by atoms with E-state index in [-0.39, 0.29) is 12.3 Å². The van der Waals surface area contributed by atoms with E-state index in [2.05, 4.69) is 4.98 Å². The number of nitro benzene ring substituents is 1. The van der Waals surface area contributed by atoms with Gasteiger partial charge in [-0.2, -0.15) is 0 Å². The van der Waals surface area contributed by atoms with Crippen LogP contribution < -0.4 is 0 Å². The van der Waals surface area contributed by atoms with Crippen molar-refractivity contribution in [1.82, 2.24) is 4.98 Å². The van der Waals surface area contributed by atoms with Gasteiger partial charge in [0.15, 0.2) is 0 Å². The molecule has 0 unspecified atom stereocenters. The lowest BCUT2D eigenvalue weighted by atomic mass is 10.3. The third-order valence-electron chi connectivity index (χ3n) is 2.29. The minimum atomic E-state index is -0.427. The molecule has 0 fully saturated rings. The first-order valence-corrected chi connectivity index (χ1v) is 6.00. The van der Waals surface area contributed by atoms with Crippen molar-refractivity contribution in [1.29, 1.82) is 0 Å². The van der Waals surface area contributed by atoms with Crippen LogP contribution >= 0.6 is 11.8 Å². The molecule has 2 rings (SSSR count). The van der Waals surface area contributed by atoms with Crippen LogP contribution in [0.1, 0.15) is 5.56 Å². The topological polar surface area (TPSA) is 76.3 Å². The molecule has 1 heterocycles. The molecule has 1 aromatic heterocycles. The Bertz CT molecular complexity index is 575. The molecule has 0 amide bonds. The SMILES string of the molecule is O=[N+]([O-])c1ccccc1Sc1ncccc1CO. The van der Waals surface area contributed by atoms with Gasteiger partial charge in [0.2, 0.25) is 0 Å². The summed E-state index contributed by atoms with van der Waals surface area (Å²) in [6.07, 6.45) is 1.59. The van der Waals surface area contributed by atoms with E-state index in [4.69, 9.17) is 0 Å². The average molecular weight is 262 g/mol. The summed E-state index contributed by atoms with van der Waals surface area (Å²) in [5.74, 6) is 0. The van der Waals surface area contributed by atoms with E-state index in [1.807, 2.05) is 0 Å². The Morgan fingerprint density at radius 3 is 2.78 bits per heavy atom. The van der Waals surface area contributed by atoms with E-state index in [0.29, 0.717) is 15.5 Å². The third-order valence-corrected chi connectivity index (χ3v) is 3.41. The monoisotopic (exact) mass is 262 g/mol. The molecule has 0 aliphatic heterocycles. The van der Waals surface area contributed by atoms with Gasteiger partial charge in [-0.15, -0.1) is 0 Å². The van der Waals surface area contributed by atoms with Crippen LogP contribution in [0.15, 0.2) is 52.5 Å². The molecule has 6 heteroatoms. The van der Waals surface area contributed by atoms with E-state index in [1.54, 1.807) is 36.5 Å². The molecular weight excluding hydrogens is 252 g/mol. The molecule has 0 bridgehead atoms. The summed E-state index contributed by atoms with van der Waals surface area (Å²) in [7, 11) is 0. The average Bonchev–Trinajstić information content (AvgIpc) is 2.40. The normalized spacial score (nSPS) is 10.3. The summed E-state index contributed by atoms with van der Waals surface area (Å²) in [5.41, 5.74) is 0.692. The number of hydrogen-bond donors (Lipinski definition) is 1. The molecular formula is C12H10N2O3S. The Labute approximate surface area is 108 Å². The largest absolute Gasteiger partial charge is 0.392 e. The molecule has 0 saturated carbocycles. The summed E-state index contributed by atoms with van der Waals surface area (Å²) in [4.78, 5) is 15.1. The van der Waals surface area contributed by atoms with Crippen molar-refractivity contribution in [2.75, 3.05) is 0 Å².